The van der Waals surface area contributed by atoms with Crippen LogP contribution in [0.15, 0.2) is 60.8 Å². The molecule has 2 aromatic rings. The molecule has 0 saturated heterocycles. The first-order valence-corrected chi connectivity index (χ1v) is 6.34. The summed E-state index contributed by atoms with van der Waals surface area (Å²) in [5, 5.41) is 2.56. The zero-order chi connectivity index (χ0) is 11.9. The predicted octanol–water partition coefficient (Wildman–Crippen LogP) is 4.09. The lowest BCUT2D eigenvalue weighted by Gasteiger charge is -2.27. The van der Waals surface area contributed by atoms with Crippen molar-refractivity contribution in [2.75, 3.05) is 0 Å². The standard InChI is InChI=1S/C17H13N/c1-3-7-14-12(5-1)9-10-16-17(14)15-8-4-2-6-13(15)11-18-16/h1-12,14H. The molecule has 4 rings (SSSR count). The Kier molecular flexibility index (Phi) is 2.01. The molecule has 0 saturated carbocycles. The normalized spacial score (nSPS) is 24.0. The second kappa shape index (κ2) is 3.67. The van der Waals surface area contributed by atoms with Gasteiger partial charge >= 0.3 is 0 Å². The highest BCUT2D eigenvalue weighted by atomic mass is 14.7. The van der Waals surface area contributed by atoms with E-state index >= 15 is 0 Å². The van der Waals surface area contributed by atoms with Crippen LogP contribution in [-0.4, -0.2) is 4.98 Å². The number of rotatable bonds is 0. The van der Waals surface area contributed by atoms with Crippen LogP contribution in [0.5, 0.6) is 0 Å². The molecule has 1 nitrogen and oxygen atoms in total. The Bertz CT molecular complexity index is 707. The lowest BCUT2D eigenvalue weighted by molar-refractivity contribution is 0.693. The fourth-order valence-corrected chi connectivity index (χ4v) is 2.98. The molecule has 18 heavy (non-hydrogen) atoms. The average Bonchev–Trinajstić information content (AvgIpc) is 2.46. The molecule has 0 amide bonds. The average molecular weight is 231 g/mol. The van der Waals surface area contributed by atoms with Gasteiger partial charge in [-0.15, -0.1) is 0 Å². The minimum absolute atomic E-state index is 0.439. The van der Waals surface area contributed by atoms with E-state index in [2.05, 4.69) is 65.7 Å². The van der Waals surface area contributed by atoms with Crippen molar-refractivity contribution in [1.29, 1.82) is 0 Å². The predicted molar refractivity (Wildman–Crippen MR) is 75.3 cm³/mol. The summed E-state index contributed by atoms with van der Waals surface area (Å²) in [5.74, 6) is 0.920. The van der Waals surface area contributed by atoms with E-state index in [4.69, 9.17) is 0 Å². The molecule has 0 bridgehead atoms. The molecular formula is C17H13N. The summed E-state index contributed by atoms with van der Waals surface area (Å²) in [6, 6.07) is 8.53. The lowest BCUT2D eigenvalue weighted by Crippen LogP contribution is -2.14. The van der Waals surface area contributed by atoms with Gasteiger partial charge in [-0.3, -0.25) is 4.98 Å². The van der Waals surface area contributed by atoms with Crippen LogP contribution in [0.4, 0.5) is 0 Å². The van der Waals surface area contributed by atoms with Gasteiger partial charge in [0.2, 0.25) is 0 Å². The molecule has 1 aromatic carbocycles. The summed E-state index contributed by atoms with van der Waals surface area (Å²) in [5.41, 5.74) is 2.50. The van der Waals surface area contributed by atoms with Crippen molar-refractivity contribution in [3.05, 3.63) is 72.1 Å². The van der Waals surface area contributed by atoms with Gasteiger partial charge in [0.25, 0.3) is 0 Å². The number of hydrogen-bond acceptors (Lipinski definition) is 1. The van der Waals surface area contributed by atoms with E-state index in [1.807, 2.05) is 6.20 Å². The number of hydrogen-bond donors (Lipinski definition) is 0. The van der Waals surface area contributed by atoms with Gasteiger partial charge in [0, 0.05) is 23.4 Å². The summed E-state index contributed by atoms with van der Waals surface area (Å²) in [6.45, 7) is 0. The minimum Gasteiger partial charge on any atom is -0.256 e. The van der Waals surface area contributed by atoms with Crippen LogP contribution in [0.2, 0.25) is 0 Å². The minimum atomic E-state index is 0.439. The van der Waals surface area contributed by atoms with Crippen molar-refractivity contribution >= 4 is 16.8 Å². The maximum absolute atomic E-state index is 4.59. The smallest absolute Gasteiger partial charge is 0.0671 e. The van der Waals surface area contributed by atoms with Crippen molar-refractivity contribution in [3.63, 3.8) is 0 Å². The van der Waals surface area contributed by atoms with Crippen molar-refractivity contribution in [3.8, 4) is 0 Å². The maximum atomic E-state index is 4.59. The van der Waals surface area contributed by atoms with Crippen LogP contribution in [0.25, 0.3) is 16.8 Å². The summed E-state index contributed by atoms with van der Waals surface area (Å²) in [4.78, 5) is 4.59. The van der Waals surface area contributed by atoms with Gasteiger partial charge in [-0.25, -0.2) is 0 Å². The largest absolute Gasteiger partial charge is 0.256 e. The van der Waals surface area contributed by atoms with Crippen LogP contribution in [0.1, 0.15) is 17.2 Å². The quantitative estimate of drug-likeness (QED) is 0.665. The third-order valence-corrected chi connectivity index (χ3v) is 3.86. The van der Waals surface area contributed by atoms with E-state index in [0.717, 1.165) is 5.69 Å². The van der Waals surface area contributed by atoms with Crippen molar-refractivity contribution in [2.45, 2.75) is 5.92 Å². The molecule has 1 aromatic heterocycles. The molecule has 2 aliphatic rings. The molecule has 1 heterocycles. The Morgan fingerprint density at radius 3 is 2.83 bits per heavy atom. The molecule has 2 unspecified atom stereocenters. The topological polar surface area (TPSA) is 12.9 Å². The second-order valence-electron chi connectivity index (χ2n) is 4.88. The summed E-state index contributed by atoms with van der Waals surface area (Å²) >= 11 is 0. The maximum Gasteiger partial charge on any atom is 0.0671 e. The lowest BCUT2D eigenvalue weighted by atomic mass is 9.77. The Morgan fingerprint density at radius 2 is 1.83 bits per heavy atom. The first-order valence-electron chi connectivity index (χ1n) is 6.34. The van der Waals surface area contributed by atoms with Crippen LogP contribution < -0.4 is 0 Å². The van der Waals surface area contributed by atoms with E-state index in [1.165, 1.54) is 16.3 Å². The number of allylic oxidation sites excluding steroid dienone is 5. The third-order valence-electron chi connectivity index (χ3n) is 3.86. The highest BCUT2D eigenvalue weighted by Gasteiger charge is 2.26. The van der Waals surface area contributed by atoms with Gasteiger partial charge in [0.05, 0.1) is 5.69 Å². The fourth-order valence-electron chi connectivity index (χ4n) is 2.98. The molecule has 1 heteroatoms. The summed E-state index contributed by atoms with van der Waals surface area (Å²) in [7, 11) is 0. The number of pyridine rings is 1. The molecule has 86 valence electrons. The van der Waals surface area contributed by atoms with Crippen molar-refractivity contribution < 1.29 is 0 Å². The Balaban J connectivity index is 2.06. The fraction of sp³-hybridized carbons (Fsp3) is 0.118. The highest BCUT2D eigenvalue weighted by molar-refractivity contribution is 5.88. The van der Waals surface area contributed by atoms with Crippen LogP contribution >= 0.6 is 0 Å². The van der Waals surface area contributed by atoms with Gasteiger partial charge in [-0.1, -0.05) is 54.6 Å². The van der Waals surface area contributed by atoms with Crippen LogP contribution in [0.3, 0.4) is 0 Å². The first kappa shape index (κ1) is 9.84. The zero-order valence-electron chi connectivity index (χ0n) is 9.95. The van der Waals surface area contributed by atoms with E-state index in [-0.39, 0.29) is 0 Å². The Morgan fingerprint density at radius 1 is 0.944 bits per heavy atom. The van der Waals surface area contributed by atoms with Crippen molar-refractivity contribution in [1.82, 2.24) is 4.98 Å². The number of fused-ring (bicyclic) bond motifs is 5. The van der Waals surface area contributed by atoms with Gasteiger partial charge in [-0.2, -0.15) is 0 Å². The van der Waals surface area contributed by atoms with Gasteiger partial charge in [0.15, 0.2) is 0 Å². The van der Waals surface area contributed by atoms with Crippen molar-refractivity contribution in [2.24, 2.45) is 5.92 Å². The molecule has 0 spiro atoms. The highest BCUT2D eigenvalue weighted by Crippen LogP contribution is 2.40. The molecular weight excluding hydrogens is 218 g/mol. The van der Waals surface area contributed by atoms with E-state index in [1.54, 1.807) is 0 Å². The van der Waals surface area contributed by atoms with Crippen LogP contribution in [-0.2, 0) is 0 Å². The summed E-state index contributed by atoms with van der Waals surface area (Å²) in [6.07, 6.45) is 15.2. The number of aromatic nitrogens is 1. The van der Waals surface area contributed by atoms with Gasteiger partial charge in [-0.05, 0) is 17.0 Å². The molecule has 2 aliphatic carbocycles. The Hall–Kier alpha value is -2.15. The molecule has 0 radical (unpaired) electrons. The molecule has 0 fully saturated rings. The van der Waals surface area contributed by atoms with E-state index in [0.29, 0.717) is 11.8 Å². The molecule has 0 N–H and O–H groups in total. The zero-order valence-corrected chi connectivity index (χ0v) is 9.95. The third kappa shape index (κ3) is 1.31. The monoisotopic (exact) mass is 231 g/mol. The molecule has 0 aliphatic heterocycles. The van der Waals surface area contributed by atoms with Gasteiger partial charge in [0.1, 0.15) is 0 Å². The number of benzene rings is 1. The number of nitrogens with zero attached hydrogens (tertiary/aromatic N) is 1. The molecule has 2 atom stereocenters. The SMILES string of the molecule is C1=CC2C=Cc3ncc4ccccc4c3C2C=C1. The van der Waals surface area contributed by atoms with Gasteiger partial charge < -0.3 is 0 Å². The summed E-state index contributed by atoms with van der Waals surface area (Å²) < 4.78 is 0. The first-order chi connectivity index (χ1) is 8.93. The van der Waals surface area contributed by atoms with E-state index < -0.39 is 0 Å². The van der Waals surface area contributed by atoms with Crippen LogP contribution in [0, 0.1) is 5.92 Å². The second-order valence-corrected chi connectivity index (χ2v) is 4.88. The Labute approximate surface area is 106 Å². The van der Waals surface area contributed by atoms with E-state index in [9.17, 15) is 0 Å².